The second-order valence-electron chi connectivity index (χ2n) is 8.56. The van der Waals surface area contributed by atoms with Gasteiger partial charge in [0.25, 0.3) is 0 Å². The van der Waals surface area contributed by atoms with E-state index in [4.69, 9.17) is 0 Å². The second-order valence-corrected chi connectivity index (χ2v) is 19.0. The molecule has 0 fully saturated rings. The second kappa shape index (κ2) is 5.82. The summed E-state index contributed by atoms with van der Waals surface area (Å²) in [4.78, 5) is 0. The average Bonchev–Trinajstić information content (AvgIpc) is 2.85. The summed E-state index contributed by atoms with van der Waals surface area (Å²) in [6.07, 6.45) is 10.0. The van der Waals surface area contributed by atoms with Crippen molar-refractivity contribution in [2.24, 2.45) is 0 Å². The van der Waals surface area contributed by atoms with Gasteiger partial charge in [0.15, 0.2) is 0 Å². The Morgan fingerprint density at radius 3 is 2.00 bits per heavy atom. The highest BCUT2D eigenvalue weighted by Gasteiger charge is 2.41. The third kappa shape index (κ3) is 3.44. The van der Waals surface area contributed by atoms with Gasteiger partial charge in [0.1, 0.15) is 0 Å². The maximum Gasteiger partial charge on any atom is 0.0772 e. The lowest BCUT2D eigenvalue weighted by molar-refractivity contribution is 1.04. The predicted molar refractivity (Wildman–Crippen MR) is 107 cm³/mol. The normalized spacial score (nSPS) is 22.9. The molecule has 2 rings (SSSR count). The molecule has 0 amide bonds. The molecule has 118 valence electrons. The molecule has 1 aromatic carbocycles. The van der Waals surface area contributed by atoms with Crippen molar-refractivity contribution >= 4 is 21.7 Å². The van der Waals surface area contributed by atoms with Gasteiger partial charge in [-0.05, 0) is 18.1 Å². The van der Waals surface area contributed by atoms with E-state index in [1.54, 1.807) is 5.20 Å². The standard InChI is InChI=1S/C20H30Si2/c1-17(18-11-9-8-10-12-18)15-20(22(5,6)7)14-13-19(16-20)21(2,3)4/h8-16H,1-7H3/b17-15+. The summed E-state index contributed by atoms with van der Waals surface area (Å²) in [6.45, 7) is 17.0. The first kappa shape index (κ1) is 17.2. The van der Waals surface area contributed by atoms with Gasteiger partial charge in [-0.3, -0.25) is 0 Å². The van der Waals surface area contributed by atoms with E-state index in [0.29, 0.717) is 0 Å². The van der Waals surface area contributed by atoms with Crippen LogP contribution in [-0.2, 0) is 0 Å². The minimum atomic E-state index is -1.41. The van der Waals surface area contributed by atoms with Crippen molar-refractivity contribution < 1.29 is 0 Å². The molecular formula is C20H30Si2. The molecule has 0 nitrogen and oxygen atoms in total. The van der Waals surface area contributed by atoms with Gasteiger partial charge >= 0.3 is 0 Å². The van der Waals surface area contributed by atoms with Gasteiger partial charge in [0, 0.05) is 5.04 Å². The summed E-state index contributed by atoms with van der Waals surface area (Å²) in [5, 5.41) is 1.76. The summed E-state index contributed by atoms with van der Waals surface area (Å²) in [5.41, 5.74) is 2.73. The van der Waals surface area contributed by atoms with Gasteiger partial charge in [-0.15, -0.1) is 0 Å². The van der Waals surface area contributed by atoms with Gasteiger partial charge in [-0.25, -0.2) is 0 Å². The van der Waals surface area contributed by atoms with E-state index in [2.05, 4.69) is 101 Å². The Labute approximate surface area is 138 Å². The van der Waals surface area contributed by atoms with Crippen LogP contribution in [0.3, 0.4) is 0 Å². The molecule has 1 atom stereocenters. The minimum Gasteiger partial charge on any atom is -0.0744 e. The zero-order chi connectivity index (χ0) is 16.6. The summed E-state index contributed by atoms with van der Waals surface area (Å²) >= 11 is 0. The Balaban J connectivity index is 2.51. The first-order chi connectivity index (χ1) is 10.1. The Morgan fingerprint density at radius 2 is 1.55 bits per heavy atom. The quantitative estimate of drug-likeness (QED) is 0.551. The molecule has 0 spiro atoms. The van der Waals surface area contributed by atoms with Crippen LogP contribution in [-0.4, -0.2) is 16.1 Å². The van der Waals surface area contributed by atoms with Gasteiger partial charge in [-0.1, -0.05) is 99.1 Å². The molecule has 0 saturated heterocycles. The van der Waals surface area contributed by atoms with Crippen molar-refractivity contribution in [2.75, 3.05) is 0 Å². The monoisotopic (exact) mass is 326 g/mol. The number of benzene rings is 1. The molecule has 0 aliphatic heterocycles. The average molecular weight is 327 g/mol. The third-order valence-corrected chi connectivity index (χ3v) is 9.88. The Bertz CT molecular complexity index is 622. The van der Waals surface area contributed by atoms with E-state index < -0.39 is 16.1 Å². The highest BCUT2D eigenvalue weighted by atomic mass is 28.3. The maximum absolute atomic E-state index is 2.60. The van der Waals surface area contributed by atoms with Crippen LogP contribution in [0, 0.1) is 0 Å². The Hall–Kier alpha value is -1.13. The fourth-order valence-corrected chi connectivity index (χ4v) is 6.18. The molecule has 1 unspecified atom stereocenters. The van der Waals surface area contributed by atoms with Gasteiger partial charge in [0.05, 0.1) is 16.1 Å². The summed E-state index contributed by atoms with van der Waals surface area (Å²) in [7, 11) is -2.66. The molecule has 0 aromatic heterocycles. The van der Waals surface area contributed by atoms with E-state index >= 15 is 0 Å². The highest BCUT2D eigenvalue weighted by Crippen LogP contribution is 2.50. The topological polar surface area (TPSA) is 0 Å². The molecule has 0 saturated carbocycles. The summed E-state index contributed by atoms with van der Waals surface area (Å²) in [5.74, 6) is 0. The number of rotatable bonds is 4. The lowest BCUT2D eigenvalue weighted by Crippen LogP contribution is -2.35. The van der Waals surface area contributed by atoms with Gasteiger partial charge < -0.3 is 0 Å². The minimum absolute atomic E-state index is 0.155. The molecule has 1 aliphatic carbocycles. The lowest BCUT2D eigenvalue weighted by Gasteiger charge is -2.36. The first-order valence-electron chi connectivity index (χ1n) is 8.23. The van der Waals surface area contributed by atoms with E-state index in [0.717, 1.165) is 0 Å². The number of hydrogen-bond acceptors (Lipinski definition) is 0. The van der Waals surface area contributed by atoms with Crippen molar-refractivity contribution in [1.29, 1.82) is 0 Å². The van der Waals surface area contributed by atoms with E-state index in [1.165, 1.54) is 11.1 Å². The molecular weight excluding hydrogens is 296 g/mol. The fourth-order valence-electron chi connectivity index (χ4n) is 2.96. The zero-order valence-electron chi connectivity index (χ0n) is 15.2. The molecule has 0 heterocycles. The molecule has 0 bridgehead atoms. The maximum atomic E-state index is 2.60. The molecule has 1 aromatic rings. The van der Waals surface area contributed by atoms with Crippen molar-refractivity contribution in [3.63, 3.8) is 0 Å². The SMILES string of the molecule is C/C(=C\C1([Si](C)(C)C)C=CC([Si](C)(C)C)=C1)c1ccccc1. The molecule has 22 heavy (non-hydrogen) atoms. The Kier molecular flexibility index (Phi) is 4.56. The van der Waals surface area contributed by atoms with E-state index in [-0.39, 0.29) is 5.04 Å². The molecule has 0 radical (unpaired) electrons. The third-order valence-electron chi connectivity index (χ3n) is 4.78. The smallest absolute Gasteiger partial charge is 0.0744 e. The van der Waals surface area contributed by atoms with Crippen LogP contribution < -0.4 is 0 Å². The van der Waals surface area contributed by atoms with Crippen LogP contribution in [0.4, 0.5) is 0 Å². The van der Waals surface area contributed by atoms with Crippen LogP contribution in [0.1, 0.15) is 12.5 Å². The summed E-state index contributed by atoms with van der Waals surface area (Å²) < 4.78 is 0. The highest BCUT2D eigenvalue weighted by molar-refractivity contribution is 6.85. The predicted octanol–water partition coefficient (Wildman–Crippen LogP) is 6.54. The van der Waals surface area contributed by atoms with Crippen LogP contribution in [0.2, 0.25) is 44.3 Å². The number of hydrogen-bond donors (Lipinski definition) is 0. The molecule has 2 heteroatoms. The lowest BCUT2D eigenvalue weighted by atomic mass is 10.0. The van der Waals surface area contributed by atoms with Crippen molar-refractivity contribution in [3.8, 4) is 0 Å². The summed E-state index contributed by atoms with van der Waals surface area (Å²) in [6, 6.07) is 10.8. The fraction of sp³-hybridized carbons (Fsp3) is 0.400. The largest absolute Gasteiger partial charge is 0.0772 e. The van der Waals surface area contributed by atoms with Crippen molar-refractivity contribution in [1.82, 2.24) is 0 Å². The molecule has 1 aliphatic rings. The number of allylic oxidation sites excluding steroid dienone is 6. The van der Waals surface area contributed by atoms with Crippen molar-refractivity contribution in [2.45, 2.75) is 51.2 Å². The van der Waals surface area contributed by atoms with Crippen LogP contribution in [0.15, 0.2) is 59.8 Å². The Morgan fingerprint density at radius 1 is 0.955 bits per heavy atom. The molecule has 0 N–H and O–H groups in total. The van der Waals surface area contributed by atoms with Crippen molar-refractivity contribution in [3.05, 3.63) is 65.4 Å². The van der Waals surface area contributed by atoms with Crippen LogP contribution in [0.5, 0.6) is 0 Å². The van der Waals surface area contributed by atoms with Gasteiger partial charge in [0.2, 0.25) is 0 Å². The van der Waals surface area contributed by atoms with E-state index in [9.17, 15) is 0 Å². The zero-order valence-corrected chi connectivity index (χ0v) is 17.2. The first-order valence-corrected chi connectivity index (χ1v) is 15.2. The van der Waals surface area contributed by atoms with Crippen LogP contribution >= 0.6 is 0 Å². The van der Waals surface area contributed by atoms with E-state index in [1.807, 2.05) is 0 Å². The van der Waals surface area contributed by atoms with Gasteiger partial charge in [-0.2, -0.15) is 0 Å². The van der Waals surface area contributed by atoms with Crippen LogP contribution in [0.25, 0.3) is 5.57 Å².